The molecule has 0 aliphatic rings. The molecule has 1 N–H and O–H groups in total. The number of alkyl halides is 3. The number of fused-ring (bicyclic) bond motifs is 1. The fourth-order valence-electron chi connectivity index (χ4n) is 2.73. The molecule has 0 aliphatic heterocycles. The Bertz CT molecular complexity index is 1200. The summed E-state index contributed by atoms with van der Waals surface area (Å²) >= 11 is 0. The maximum absolute atomic E-state index is 13.0. The van der Waals surface area contributed by atoms with Crippen molar-refractivity contribution in [2.45, 2.75) is 6.18 Å². The van der Waals surface area contributed by atoms with Gasteiger partial charge in [0.05, 0.1) is 30.8 Å². The molecular formula is C18H13F3N6O2. The molecule has 1 aromatic carbocycles. The number of hydrogen-bond donors (Lipinski definition) is 1. The van der Waals surface area contributed by atoms with E-state index in [9.17, 15) is 18.0 Å². The summed E-state index contributed by atoms with van der Waals surface area (Å²) in [7, 11) is 1.34. The lowest BCUT2D eigenvalue weighted by Crippen LogP contribution is -2.16. The van der Waals surface area contributed by atoms with Crippen molar-refractivity contribution in [2.75, 3.05) is 12.4 Å². The normalized spacial score (nSPS) is 11.6. The van der Waals surface area contributed by atoms with E-state index in [0.29, 0.717) is 11.5 Å². The summed E-state index contributed by atoms with van der Waals surface area (Å²) in [6.45, 7) is 0. The molecule has 148 valence electrons. The van der Waals surface area contributed by atoms with Crippen molar-refractivity contribution >= 4 is 17.4 Å². The minimum atomic E-state index is -4.50. The number of amides is 1. The van der Waals surface area contributed by atoms with Crippen LogP contribution in [0.25, 0.3) is 11.3 Å². The third kappa shape index (κ3) is 3.49. The van der Waals surface area contributed by atoms with Gasteiger partial charge in [-0.3, -0.25) is 4.79 Å². The predicted octanol–water partition coefficient (Wildman–Crippen LogP) is 3.19. The van der Waals surface area contributed by atoms with Gasteiger partial charge in [0.1, 0.15) is 5.82 Å². The lowest BCUT2D eigenvalue weighted by molar-refractivity contribution is -0.137. The highest BCUT2D eigenvalue weighted by atomic mass is 19.4. The first-order valence-electron chi connectivity index (χ1n) is 8.28. The molecule has 0 bridgehead atoms. The molecule has 0 atom stereocenters. The van der Waals surface area contributed by atoms with Crippen molar-refractivity contribution in [1.82, 2.24) is 24.4 Å². The van der Waals surface area contributed by atoms with Gasteiger partial charge >= 0.3 is 6.18 Å². The third-order valence-electron chi connectivity index (χ3n) is 4.09. The van der Waals surface area contributed by atoms with E-state index in [4.69, 9.17) is 4.74 Å². The lowest BCUT2D eigenvalue weighted by atomic mass is 10.2. The van der Waals surface area contributed by atoms with Gasteiger partial charge in [0.2, 0.25) is 0 Å². The smallest absolute Gasteiger partial charge is 0.416 e. The topological polar surface area (TPSA) is 86.3 Å². The Labute approximate surface area is 161 Å². The fourth-order valence-corrected chi connectivity index (χ4v) is 2.73. The molecule has 3 aromatic heterocycles. The number of ether oxygens (including phenoxy) is 1. The highest BCUT2D eigenvalue weighted by Gasteiger charge is 2.30. The number of aromatic nitrogens is 5. The first kappa shape index (κ1) is 18.5. The molecule has 8 nitrogen and oxygen atoms in total. The maximum Gasteiger partial charge on any atom is 0.416 e. The molecule has 4 rings (SSSR count). The first-order valence-corrected chi connectivity index (χ1v) is 8.28. The molecule has 3 heterocycles. The van der Waals surface area contributed by atoms with Crippen LogP contribution in [0.4, 0.5) is 19.0 Å². The van der Waals surface area contributed by atoms with Gasteiger partial charge < -0.3 is 10.1 Å². The second-order valence-corrected chi connectivity index (χ2v) is 5.92. The van der Waals surface area contributed by atoms with E-state index in [1.807, 2.05) is 0 Å². The highest BCUT2D eigenvalue weighted by molar-refractivity contribution is 6.04. The molecule has 0 spiro atoms. The van der Waals surface area contributed by atoms with Crippen LogP contribution in [0.3, 0.4) is 0 Å². The van der Waals surface area contributed by atoms with Gasteiger partial charge in [-0.25, -0.2) is 9.67 Å². The zero-order valence-electron chi connectivity index (χ0n) is 14.9. The molecule has 29 heavy (non-hydrogen) atoms. The Balaban J connectivity index is 1.68. The molecule has 1 amide bonds. The number of methoxy groups -OCH3 is 1. The largest absolute Gasteiger partial charge is 0.493 e. The summed E-state index contributed by atoms with van der Waals surface area (Å²) < 4.78 is 46.7. The minimum Gasteiger partial charge on any atom is -0.493 e. The monoisotopic (exact) mass is 402 g/mol. The third-order valence-corrected chi connectivity index (χ3v) is 4.09. The highest BCUT2D eigenvalue weighted by Crippen LogP contribution is 2.31. The van der Waals surface area contributed by atoms with Crippen molar-refractivity contribution in [2.24, 2.45) is 0 Å². The molecule has 0 saturated carbocycles. The van der Waals surface area contributed by atoms with Gasteiger partial charge in [-0.1, -0.05) is 6.07 Å². The summed E-state index contributed by atoms with van der Waals surface area (Å²) in [4.78, 5) is 16.8. The van der Waals surface area contributed by atoms with E-state index in [2.05, 4.69) is 20.5 Å². The van der Waals surface area contributed by atoms with E-state index in [1.165, 1.54) is 42.3 Å². The zero-order chi connectivity index (χ0) is 20.6. The number of carbonyl (C=O) groups is 1. The number of rotatable bonds is 4. The first-order chi connectivity index (χ1) is 13.9. The van der Waals surface area contributed by atoms with Crippen molar-refractivity contribution in [3.8, 4) is 11.4 Å². The summed E-state index contributed by atoms with van der Waals surface area (Å²) in [5, 5.41) is 10.8. The van der Waals surface area contributed by atoms with Gasteiger partial charge in [0, 0.05) is 12.3 Å². The molecule has 0 radical (unpaired) electrons. The van der Waals surface area contributed by atoms with Crippen LogP contribution in [0.1, 0.15) is 16.1 Å². The Morgan fingerprint density at radius 2 is 2.00 bits per heavy atom. The van der Waals surface area contributed by atoms with Crippen LogP contribution in [-0.4, -0.2) is 37.4 Å². The molecule has 11 heteroatoms. The second kappa shape index (κ2) is 6.93. The molecular weight excluding hydrogens is 389 g/mol. The Hall–Kier alpha value is -3.89. The van der Waals surface area contributed by atoms with Crippen LogP contribution in [0, 0.1) is 0 Å². The minimum absolute atomic E-state index is 0.0953. The van der Waals surface area contributed by atoms with Gasteiger partial charge in [-0.15, -0.1) is 0 Å². The number of anilines is 1. The van der Waals surface area contributed by atoms with Crippen LogP contribution in [0.15, 0.2) is 55.0 Å². The standard InChI is InChI=1S/C18H13F3N6O2/c1-29-13-10-26(12-4-2-3-11(9-12)18(19,20)21)25-16(13)17(28)24-15-5-7-22-14-6-8-23-27(14)15/h2-10H,1H3,(H,24,28). The van der Waals surface area contributed by atoms with Gasteiger partial charge in [-0.2, -0.15) is 27.9 Å². The SMILES string of the molecule is COc1cn(-c2cccc(C(F)(F)F)c2)nc1C(=O)Nc1ccnc2ccnn12. The van der Waals surface area contributed by atoms with Crippen LogP contribution in [0.2, 0.25) is 0 Å². The zero-order valence-corrected chi connectivity index (χ0v) is 14.9. The molecule has 0 fully saturated rings. The summed E-state index contributed by atoms with van der Waals surface area (Å²) in [5.41, 5.74) is -0.254. The predicted molar refractivity (Wildman–Crippen MR) is 96.1 cm³/mol. The van der Waals surface area contributed by atoms with Crippen LogP contribution < -0.4 is 10.1 Å². The van der Waals surface area contributed by atoms with Gasteiger partial charge in [0.25, 0.3) is 5.91 Å². The fraction of sp³-hybridized carbons (Fsp3) is 0.111. The number of benzene rings is 1. The number of nitrogens with one attached hydrogen (secondary N) is 1. The molecule has 0 aliphatic carbocycles. The second-order valence-electron chi connectivity index (χ2n) is 5.92. The summed E-state index contributed by atoms with van der Waals surface area (Å²) in [6, 6.07) is 7.81. The van der Waals surface area contributed by atoms with E-state index >= 15 is 0 Å². The average Bonchev–Trinajstić information content (AvgIpc) is 3.35. The van der Waals surface area contributed by atoms with Crippen molar-refractivity contribution in [1.29, 1.82) is 0 Å². The van der Waals surface area contributed by atoms with E-state index in [-0.39, 0.29) is 17.1 Å². The Kier molecular flexibility index (Phi) is 4.41. The summed E-state index contributed by atoms with van der Waals surface area (Å²) in [6.07, 6.45) is -0.129. The van der Waals surface area contributed by atoms with Crippen molar-refractivity contribution in [3.63, 3.8) is 0 Å². The number of halogens is 3. The van der Waals surface area contributed by atoms with Gasteiger partial charge in [-0.05, 0) is 24.3 Å². The Morgan fingerprint density at radius 1 is 1.17 bits per heavy atom. The average molecular weight is 402 g/mol. The number of carbonyl (C=O) groups excluding carboxylic acids is 1. The molecule has 0 saturated heterocycles. The van der Waals surface area contributed by atoms with Crippen molar-refractivity contribution < 1.29 is 22.7 Å². The van der Waals surface area contributed by atoms with E-state index in [0.717, 1.165) is 16.8 Å². The lowest BCUT2D eigenvalue weighted by Gasteiger charge is -2.08. The van der Waals surface area contributed by atoms with Crippen LogP contribution >= 0.6 is 0 Å². The maximum atomic E-state index is 13.0. The van der Waals surface area contributed by atoms with Crippen LogP contribution in [-0.2, 0) is 6.18 Å². The molecule has 0 unspecified atom stereocenters. The Morgan fingerprint density at radius 3 is 2.76 bits per heavy atom. The summed E-state index contributed by atoms with van der Waals surface area (Å²) in [5.74, 6) is -0.165. The van der Waals surface area contributed by atoms with Gasteiger partial charge in [0.15, 0.2) is 17.1 Å². The molecule has 4 aromatic rings. The number of hydrogen-bond acceptors (Lipinski definition) is 5. The van der Waals surface area contributed by atoms with Crippen molar-refractivity contribution in [3.05, 3.63) is 66.2 Å². The quantitative estimate of drug-likeness (QED) is 0.567. The van der Waals surface area contributed by atoms with E-state index in [1.54, 1.807) is 12.1 Å². The van der Waals surface area contributed by atoms with Crippen LogP contribution in [0.5, 0.6) is 5.75 Å². The van der Waals surface area contributed by atoms with E-state index < -0.39 is 17.6 Å². The number of nitrogens with zero attached hydrogens (tertiary/aromatic N) is 5.